The van der Waals surface area contributed by atoms with Crippen LogP contribution in [-0.2, 0) is 9.59 Å². The van der Waals surface area contributed by atoms with Crippen LogP contribution in [0.15, 0.2) is 41.8 Å². The fourth-order valence-corrected chi connectivity index (χ4v) is 3.97. The molecule has 5 nitrogen and oxygen atoms in total. The summed E-state index contributed by atoms with van der Waals surface area (Å²) in [5.74, 6) is 0.117. The molecule has 1 atom stereocenters. The summed E-state index contributed by atoms with van der Waals surface area (Å²) in [6.45, 7) is 6.87. The van der Waals surface area contributed by atoms with Gasteiger partial charge in [-0.1, -0.05) is 35.9 Å². The highest BCUT2D eigenvalue weighted by molar-refractivity contribution is 7.10. The molecular weight excluding hydrogens is 346 g/mol. The van der Waals surface area contributed by atoms with Crippen LogP contribution in [0, 0.1) is 6.92 Å². The van der Waals surface area contributed by atoms with Crippen molar-refractivity contribution in [2.75, 3.05) is 32.7 Å². The van der Waals surface area contributed by atoms with Gasteiger partial charge in [0.15, 0.2) is 0 Å². The number of hydrogen-bond acceptors (Lipinski definition) is 4. The number of piperazine rings is 1. The Morgan fingerprint density at radius 1 is 1.12 bits per heavy atom. The summed E-state index contributed by atoms with van der Waals surface area (Å²) in [5, 5.41) is 5.22. The summed E-state index contributed by atoms with van der Waals surface area (Å²) >= 11 is 1.65. The molecule has 3 rings (SSSR count). The van der Waals surface area contributed by atoms with Gasteiger partial charge in [0.2, 0.25) is 11.8 Å². The standard InChI is InChI=1S/C20H25N3O2S/c1-15-5-7-17(8-6-15)20(18-4-3-13-26-18)21-19(25)14-22-9-11-23(12-10-22)16(2)24/h3-8,13,20H,9-12,14H2,1-2H3,(H,21,25). The van der Waals surface area contributed by atoms with Crippen LogP contribution >= 0.6 is 11.3 Å². The number of thiophene rings is 1. The van der Waals surface area contributed by atoms with E-state index >= 15 is 0 Å². The second-order valence-corrected chi connectivity index (χ2v) is 7.69. The molecular formula is C20H25N3O2S. The maximum Gasteiger partial charge on any atom is 0.234 e. The van der Waals surface area contributed by atoms with Crippen LogP contribution in [-0.4, -0.2) is 54.3 Å². The molecule has 0 spiro atoms. The molecule has 1 aliphatic heterocycles. The highest BCUT2D eigenvalue weighted by atomic mass is 32.1. The minimum absolute atomic E-state index is 0.0141. The Morgan fingerprint density at radius 2 is 1.81 bits per heavy atom. The average Bonchev–Trinajstić information content (AvgIpc) is 3.15. The van der Waals surface area contributed by atoms with Crippen molar-refractivity contribution < 1.29 is 9.59 Å². The third kappa shape index (κ3) is 4.71. The molecule has 138 valence electrons. The summed E-state index contributed by atoms with van der Waals surface area (Å²) in [6.07, 6.45) is 0. The zero-order chi connectivity index (χ0) is 18.5. The molecule has 2 amide bonds. The Labute approximate surface area is 158 Å². The first-order chi connectivity index (χ1) is 12.5. The summed E-state index contributed by atoms with van der Waals surface area (Å²) in [7, 11) is 0. The van der Waals surface area contributed by atoms with Crippen LogP contribution in [0.25, 0.3) is 0 Å². The first-order valence-corrected chi connectivity index (χ1v) is 9.78. The third-order valence-electron chi connectivity index (χ3n) is 4.73. The van der Waals surface area contributed by atoms with Gasteiger partial charge in [-0.3, -0.25) is 14.5 Å². The zero-order valence-electron chi connectivity index (χ0n) is 15.3. The van der Waals surface area contributed by atoms with Crippen LogP contribution in [0.4, 0.5) is 0 Å². The van der Waals surface area contributed by atoms with Crippen molar-refractivity contribution in [1.82, 2.24) is 15.1 Å². The first-order valence-electron chi connectivity index (χ1n) is 8.90. The Morgan fingerprint density at radius 3 is 2.38 bits per heavy atom. The number of benzene rings is 1. The maximum atomic E-state index is 12.6. The molecule has 1 saturated heterocycles. The lowest BCUT2D eigenvalue weighted by Crippen LogP contribution is -2.50. The Bertz CT molecular complexity index is 735. The van der Waals surface area contributed by atoms with Crippen LogP contribution in [0.5, 0.6) is 0 Å². The molecule has 2 aromatic rings. The Hall–Kier alpha value is -2.18. The van der Waals surface area contributed by atoms with Crippen LogP contribution in [0.1, 0.15) is 29.0 Å². The number of rotatable bonds is 5. The molecule has 1 N–H and O–H groups in total. The molecule has 1 aromatic carbocycles. The average molecular weight is 372 g/mol. The van der Waals surface area contributed by atoms with Gasteiger partial charge in [-0.2, -0.15) is 0 Å². The number of hydrogen-bond donors (Lipinski definition) is 1. The third-order valence-corrected chi connectivity index (χ3v) is 5.67. The number of nitrogens with one attached hydrogen (secondary N) is 1. The molecule has 1 unspecified atom stereocenters. The molecule has 6 heteroatoms. The van der Waals surface area contributed by atoms with Crippen molar-refractivity contribution in [3.63, 3.8) is 0 Å². The number of nitrogens with zero attached hydrogens (tertiary/aromatic N) is 2. The van der Waals surface area contributed by atoms with Crippen LogP contribution in [0.3, 0.4) is 0 Å². The summed E-state index contributed by atoms with van der Waals surface area (Å²) < 4.78 is 0. The quantitative estimate of drug-likeness (QED) is 0.878. The van der Waals surface area contributed by atoms with Crippen molar-refractivity contribution in [3.8, 4) is 0 Å². The lowest BCUT2D eigenvalue weighted by Gasteiger charge is -2.34. The number of carbonyl (C=O) groups is 2. The normalized spacial score (nSPS) is 16.3. The molecule has 26 heavy (non-hydrogen) atoms. The predicted octanol–water partition coefficient (Wildman–Crippen LogP) is 2.43. The molecule has 0 aliphatic carbocycles. The van der Waals surface area contributed by atoms with E-state index in [9.17, 15) is 9.59 Å². The van der Waals surface area contributed by atoms with Gasteiger partial charge >= 0.3 is 0 Å². The van der Waals surface area contributed by atoms with E-state index in [4.69, 9.17) is 0 Å². The smallest absolute Gasteiger partial charge is 0.234 e. The fraction of sp³-hybridized carbons (Fsp3) is 0.400. The van der Waals surface area contributed by atoms with Crippen LogP contribution in [0.2, 0.25) is 0 Å². The van der Waals surface area contributed by atoms with Gasteiger partial charge in [-0.25, -0.2) is 0 Å². The fourth-order valence-electron chi connectivity index (χ4n) is 3.16. The van der Waals surface area contributed by atoms with Gasteiger partial charge in [0.1, 0.15) is 0 Å². The monoisotopic (exact) mass is 371 g/mol. The van der Waals surface area contributed by atoms with E-state index in [1.807, 2.05) is 16.3 Å². The highest BCUT2D eigenvalue weighted by Crippen LogP contribution is 2.26. The lowest BCUT2D eigenvalue weighted by molar-refractivity contribution is -0.131. The largest absolute Gasteiger partial charge is 0.343 e. The summed E-state index contributed by atoms with van der Waals surface area (Å²) in [5.41, 5.74) is 2.29. The lowest BCUT2D eigenvalue weighted by atomic mass is 10.0. The Balaban J connectivity index is 1.63. The highest BCUT2D eigenvalue weighted by Gasteiger charge is 2.23. The summed E-state index contributed by atoms with van der Waals surface area (Å²) in [4.78, 5) is 29.1. The zero-order valence-corrected chi connectivity index (χ0v) is 16.1. The maximum absolute atomic E-state index is 12.6. The van der Waals surface area contributed by atoms with Crippen molar-refractivity contribution in [2.24, 2.45) is 0 Å². The van der Waals surface area contributed by atoms with Crippen molar-refractivity contribution >= 4 is 23.2 Å². The SMILES string of the molecule is CC(=O)N1CCN(CC(=O)NC(c2ccc(C)cc2)c2cccs2)CC1. The van der Waals surface area contributed by atoms with E-state index in [1.54, 1.807) is 18.3 Å². The van der Waals surface area contributed by atoms with Crippen molar-refractivity contribution in [2.45, 2.75) is 19.9 Å². The molecule has 0 bridgehead atoms. The van der Waals surface area contributed by atoms with E-state index in [-0.39, 0.29) is 17.9 Å². The second kappa shape index (κ2) is 8.47. The van der Waals surface area contributed by atoms with Crippen LogP contribution < -0.4 is 5.32 Å². The molecule has 1 aliphatic rings. The Kier molecular flexibility index (Phi) is 6.06. The van der Waals surface area contributed by atoms with E-state index in [2.05, 4.69) is 47.5 Å². The van der Waals surface area contributed by atoms with E-state index in [0.29, 0.717) is 19.6 Å². The molecule has 2 heterocycles. The second-order valence-electron chi connectivity index (χ2n) is 6.71. The van der Waals surface area contributed by atoms with E-state index < -0.39 is 0 Å². The summed E-state index contributed by atoms with van der Waals surface area (Å²) in [6, 6.07) is 12.2. The minimum atomic E-state index is -0.124. The molecule has 0 radical (unpaired) electrons. The van der Waals surface area contributed by atoms with Gasteiger partial charge in [-0.05, 0) is 23.9 Å². The van der Waals surface area contributed by atoms with Gasteiger partial charge in [-0.15, -0.1) is 11.3 Å². The van der Waals surface area contributed by atoms with E-state index in [1.165, 1.54) is 5.56 Å². The van der Waals surface area contributed by atoms with Gasteiger partial charge in [0.25, 0.3) is 0 Å². The van der Waals surface area contributed by atoms with Crippen molar-refractivity contribution in [1.29, 1.82) is 0 Å². The van der Waals surface area contributed by atoms with Gasteiger partial charge < -0.3 is 10.2 Å². The molecule has 1 aromatic heterocycles. The number of aryl methyl sites for hydroxylation is 1. The topological polar surface area (TPSA) is 52.7 Å². The number of carbonyl (C=O) groups excluding carboxylic acids is 2. The molecule has 1 fully saturated rings. The van der Waals surface area contributed by atoms with Gasteiger partial charge in [0.05, 0.1) is 12.6 Å². The number of amides is 2. The van der Waals surface area contributed by atoms with Gasteiger partial charge in [0, 0.05) is 38.0 Å². The van der Waals surface area contributed by atoms with E-state index in [0.717, 1.165) is 23.5 Å². The predicted molar refractivity (Wildman–Crippen MR) is 104 cm³/mol. The van der Waals surface area contributed by atoms with Crippen molar-refractivity contribution in [3.05, 3.63) is 57.8 Å². The molecule has 0 saturated carbocycles. The first kappa shape index (κ1) is 18.6. The minimum Gasteiger partial charge on any atom is -0.343 e.